The molecule has 0 aliphatic carbocycles. The highest BCUT2D eigenvalue weighted by Crippen LogP contribution is 2.30. The molecule has 0 heterocycles. The first kappa shape index (κ1) is 11.9. The molecular weight excluding hydrogens is 206 g/mol. The monoisotopic (exact) mass is 217 g/mol. The van der Waals surface area contributed by atoms with E-state index in [4.69, 9.17) is 15.1 Å². The van der Waals surface area contributed by atoms with Crippen LogP contribution in [0.5, 0.6) is 11.5 Å². The summed E-state index contributed by atoms with van der Waals surface area (Å²) in [7, 11) is 1.40. The van der Waals surface area contributed by atoms with E-state index in [9.17, 15) is 5.11 Å². The summed E-state index contributed by atoms with van der Waals surface area (Å²) in [5, 5.41) is 27.1. The largest absolute Gasteiger partial charge is 0.503 e. The van der Waals surface area contributed by atoms with Crippen LogP contribution in [0, 0.1) is 23.2 Å². The van der Waals surface area contributed by atoms with Crippen molar-refractivity contribution in [2.45, 2.75) is 6.42 Å². The smallest absolute Gasteiger partial charge is 0.173 e. The van der Waals surface area contributed by atoms with Gasteiger partial charge in [0.15, 0.2) is 11.5 Å². The van der Waals surface area contributed by atoms with Gasteiger partial charge in [0.1, 0.15) is 0 Å². The Balaban J connectivity index is 3.19. The van der Waals surface area contributed by atoms with Crippen LogP contribution >= 0.6 is 0 Å². The number of aliphatic hydroxyl groups excluding tert-OH is 1. The molecular formula is C12H11NO3. The highest BCUT2D eigenvalue weighted by atomic mass is 16.5. The van der Waals surface area contributed by atoms with Gasteiger partial charge >= 0.3 is 0 Å². The molecule has 4 nitrogen and oxygen atoms in total. The predicted molar refractivity (Wildman–Crippen MR) is 58.0 cm³/mol. The van der Waals surface area contributed by atoms with Crippen LogP contribution in [0.4, 0.5) is 0 Å². The highest BCUT2D eigenvalue weighted by molar-refractivity contribution is 5.57. The minimum atomic E-state index is -0.0908. The number of methoxy groups -OCH3 is 1. The van der Waals surface area contributed by atoms with Crippen LogP contribution in [0.15, 0.2) is 12.1 Å². The Morgan fingerprint density at radius 2 is 2.19 bits per heavy atom. The molecule has 0 atom stereocenters. The van der Waals surface area contributed by atoms with E-state index in [2.05, 4.69) is 11.8 Å². The molecule has 0 radical (unpaired) electrons. The molecule has 0 aliphatic rings. The first-order valence-corrected chi connectivity index (χ1v) is 4.63. The van der Waals surface area contributed by atoms with Crippen molar-refractivity contribution in [3.05, 3.63) is 23.3 Å². The molecule has 0 amide bonds. The van der Waals surface area contributed by atoms with Gasteiger partial charge in [0.05, 0.1) is 30.9 Å². The summed E-state index contributed by atoms with van der Waals surface area (Å²) in [6.07, 6.45) is 0.318. The fourth-order valence-corrected chi connectivity index (χ4v) is 1.14. The topological polar surface area (TPSA) is 73.5 Å². The van der Waals surface area contributed by atoms with Gasteiger partial charge < -0.3 is 14.9 Å². The molecule has 0 fully saturated rings. The number of benzene rings is 1. The number of rotatable bonds is 2. The van der Waals surface area contributed by atoms with Crippen molar-refractivity contribution < 1.29 is 14.9 Å². The summed E-state index contributed by atoms with van der Waals surface area (Å²) in [5.74, 6) is 5.47. The molecule has 1 rings (SSSR count). The van der Waals surface area contributed by atoms with Crippen LogP contribution < -0.4 is 4.74 Å². The summed E-state index contributed by atoms with van der Waals surface area (Å²) in [4.78, 5) is 0. The maximum atomic E-state index is 9.71. The quantitative estimate of drug-likeness (QED) is 0.725. The van der Waals surface area contributed by atoms with Crippen LogP contribution in [0.3, 0.4) is 0 Å². The van der Waals surface area contributed by atoms with Gasteiger partial charge in [0.2, 0.25) is 0 Å². The third-order valence-electron chi connectivity index (χ3n) is 1.88. The Kier molecular flexibility index (Phi) is 4.20. The lowest BCUT2D eigenvalue weighted by molar-refractivity contribution is 0.305. The van der Waals surface area contributed by atoms with Gasteiger partial charge in [-0.2, -0.15) is 5.26 Å². The van der Waals surface area contributed by atoms with E-state index < -0.39 is 0 Å². The summed E-state index contributed by atoms with van der Waals surface area (Å²) in [6, 6.07) is 4.86. The lowest BCUT2D eigenvalue weighted by Crippen LogP contribution is -1.89. The van der Waals surface area contributed by atoms with Crippen molar-refractivity contribution in [3.63, 3.8) is 0 Å². The lowest BCUT2D eigenvalue weighted by Gasteiger charge is -2.05. The molecule has 1 aromatic rings. The first-order valence-electron chi connectivity index (χ1n) is 4.63. The summed E-state index contributed by atoms with van der Waals surface area (Å²) in [6.45, 7) is -0.0389. The Labute approximate surface area is 93.7 Å². The number of phenols is 1. The normalized spacial score (nSPS) is 8.81. The Morgan fingerprint density at radius 3 is 2.75 bits per heavy atom. The molecule has 16 heavy (non-hydrogen) atoms. The summed E-state index contributed by atoms with van der Waals surface area (Å²) < 4.78 is 4.92. The van der Waals surface area contributed by atoms with Crippen molar-refractivity contribution in [2.75, 3.05) is 13.7 Å². The second kappa shape index (κ2) is 5.65. The number of phenolic OH excluding ortho intramolecular Hbond substituents is 1. The van der Waals surface area contributed by atoms with Crippen LogP contribution in [-0.4, -0.2) is 23.9 Å². The molecule has 0 aromatic heterocycles. The van der Waals surface area contributed by atoms with Crippen molar-refractivity contribution in [1.29, 1.82) is 5.26 Å². The minimum Gasteiger partial charge on any atom is -0.503 e. The Bertz CT molecular complexity index is 478. The zero-order valence-corrected chi connectivity index (χ0v) is 8.82. The van der Waals surface area contributed by atoms with E-state index >= 15 is 0 Å². The first-order chi connectivity index (χ1) is 7.72. The highest BCUT2D eigenvalue weighted by Gasteiger charge is 2.08. The van der Waals surface area contributed by atoms with Gasteiger partial charge in [0, 0.05) is 12.5 Å². The number of aromatic hydroxyl groups is 1. The number of nitriles is 1. The molecule has 1 aromatic carbocycles. The van der Waals surface area contributed by atoms with Crippen molar-refractivity contribution in [1.82, 2.24) is 0 Å². The van der Waals surface area contributed by atoms with E-state index in [0.29, 0.717) is 17.5 Å². The molecule has 4 heteroatoms. The van der Waals surface area contributed by atoms with E-state index in [-0.39, 0.29) is 18.1 Å². The number of aliphatic hydroxyl groups is 1. The number of hydrogen-bond donors (Lipinski definition) is 2. The molecule has 0 bridgehead atoms. The second-order valence-electron chi connectivity index (χ2n) is 2.96. The van der Waals surface area contributed by atoms with E-state index in [1.54, 1.807) is 0 Å². The molecule has 0 saturated heterocycles. The standard InChI is InChI=1S/C12H11NO3/c1-16-11-7-9(8-13)6-10(12(11)15)4-2-3-5-14/h6-7,14-15H,3,5H2,1H3. The number of nitrogens with zero attached hydrogens (tertiary/aromatic N) is 1. The van der Waals surface area contributed by atoms with Gasteiger partial charge in [-0.05, 0) is 6.07 Å². The minimum absolute atomic E-state index is 0.0389. The molecule has 82 valence electrons. The number of ether oxygens (including phenoxy) is 1. The third kappa shape index (κ3) is 2.66. The van der Waals surface area contributed by atoms with Crippen molar-refractivity contribution in [3.8, 4) is 29.4 Å². The summed E-state index contributed by atoms with van der Waals surface area (Å²) in [5.41, 5.74) is 0.687. The van der Waals surface area contributed by atoms with Crippen LogP contribution in [0.25, 0.3) is 0 Å². The van der Waals surface area contributed by atoms with Gasteiger partial charge in [0.25, 0.3) is 0 Å². The average molecular weight is 217 g/mol. The van der Waals surface area contributed by atoms with Gasteiger partial charge in [-0.1, -0.05) is 11.8 Å². The van der Waals surface area contributed by atoms with Gasteiger partial charge in [-0.3, -0.25) is 0 Å². The SMILES string of the molecule is COc1cc(C#N)cc(C#CCCO)c1O. The molecule has 0 saturated carbocycles. The maximum absolute atomic E-state index is 9.71. The fourth-order valence-electron chi connectivity index (χ4n) is 1.14. The third-order valence-corrected chi connectivity index (χ3v) is 1.88. The maximum Gasteiger partial charge on any atom is 0.173 e. The van der Waals surface area contributed by atoms with Crippen LogP contribution in [-0.2, 0) is 0 Å². The van der Waals surface area contributed by atoms with Gasteiger partial charge in [-0.25, -0.2) is 0 Å². The molecule has 0 aliphatic heterocycles. The molecule has 2 N–H and O–H groups in total. The zero-order valence-electron chi connectivity index (χ0n) is 8.82. The number of hydrogen-bond acceptors (Lipinski definition) is 4. The van der Waals surface area contributed by atoms with Crippen molar-refractivity contribution in [2.24, 2.45) is 0 Å². The second-order valence-corrected chi connectivity index (χ2v) is 2.96. The van der Waals surface area contributed by atoms with Gasteiger partial charge in [-0.15, -0.1) is 0 Å². The summed E-state index contributed by atoms with van der Waals surface area (Å²) >= 11 is 0. The van der Waals surface area contributed by atoms with E-state index in [1.165, 1.54) is 19.2 Å². The average Bonchev–Trinajstić information content (AvgIpc) is 2.31. The Morgan fingerprint density at radius 1 is 1.44 bits per heavy atom. The molecule has 0 spiro atoms. The lowest BCUT2D eigenvalue weighted by atomic mass is 10.1. The van der Waals surface area contributed by atoms with Crippen molar-refractivity contribution >= 4 is 0 Å². The fraction of sp³-hybridized carbons (Fsp3) is 0.250. The van der Waals surface area contributed by atoms with E-state index in [1.807, 2.05) is 6.07 Å². The Hall–Kier alpha value is -2.17. The van der Waals surface area contributed by atoms with Crippen LogP contribution in [0.2, 0.25) is 0 Å². The van der Waals surface area contributed by atoms with E-state index in [0.717, 1.165) is 0 Å². The molecule has 0 unspecified atom stereocenters. The zero-order chi connectivity index (χ0) is 12.0. The predicted octanol–water partition coefficient (Wildman–Crippen LogP) is 1.01. The van der Waals surface area contributed by atoms with Crippen LogP contribution in [0.1, 0.15) is 17.5 Å².